The first-order valence-electron chi connectivity index (χ1n) is 5.86. The minimum absolute atomic E-state index is 0.0609. The third kappa shape index (κ3) is 3.64. The molecule has 0 bridgehead atoms. The van der Waals surface area contributed by atoms with Gasteiger partial charge in [-0.15, -0.1) is 22.7 Å². The van der Waals surface area contributed by atoms with Crippen LogP contribution in [0.25, 0.3) is 0 Å². The normalized spacial score (nSPS) is 13.0. The standard InChI is InChI=1S/C11H13N3O4S3/c1-7(9-12-3-4-19-9)5-14-21(16,17)11-8(10(15)18-2)13-6-20-11/h3-4,6-7,14H,5H2,1-2H3. The molecule has 0 aliphatic heterocycles. The summed E-state index contributed by atoms with van der Waals surface area (Å²) >= 11 is 2.33. The highest BCUT2D eigenvalue weighted by Gasteiger charge is 2.27. The number of sulfonamides is 1. The molecular formula is C11H13N3O4S3. The molecule has 0 fully saturated rings. The summed E-state index contributed by atoms with van der Waals surface area (Å²) in [4.78, 5) is 19.4. The number of carbonyl (C=O) groups excluding carboxylic acids is 1. The van der Waals surface area contributed by atoms with Gasteiger partial charge in [-0.2, -0.15) is 0 Å². The lowest BCUT2D eigenvalue weighted by Gasteiger charge is -2.10. The molecule has 2 aromatic heterocycles. The van der Waals surface area contributed by atoms with Crippen LogP contribution >= 0.6 is 22.7 Å². The van der Waals surface area contributed by atoms with Gasteiger partial charge in [0.2, 0.25) is 0 Å². The van der Waals surface area contributed by atoms with Crippen LogP contribution in [0.2, 0.25) is 0 Å². The van der Waals surface area contributed by atoms with Crippen LogP contribution in [0.5, 0.6) is 0 Å². The number of rotatable bonds is 6. The Bertz CT molecular complexity index is 709. The first-order valence-corrected chi connectivity index (χ1v) is 9.10. The number of esters is 1. The Hall–Kier alpha value is -1.36. The van der Waals surface area contributed by atoms with E-state index in [1.54, 1.807) is 6.20 Å². The molecule has 2 rings (SSSR count). The number of carbonyl (C=O) groups is 1. The second kappa shape index (κ2) is 6.60. The number of ether oxygens (including phenoxy) is 1. The van der Waals surface area contributed by atoms with Crippen molar-refractivity contribution in [3.8, 4) is 0 Å². The van der Waals surface area contributed by atoms with Crippen LogP contribution in [-0.2, 0) is 14.8 Å². The van der Waals surface area contributed by atoms with Gasteiger partial charge in [-0.25, -0.2) is 27.9 Å². The Balaban J connectivity index is 2.12. The van der Waals surface area contributed by atoms with E-state index in [0.717, 1.165) is 16.3 Å². The van der Waals surface area contributed by atoms with Gasteiger partial charge in [0.15, 0.2) is 9.90 Å². The van der Waals surface area contributed by atoms with Crippen molar-refractivity contribution in [3.63, 3.8) is 0 Å². The molecule has 0 amide bonds. The van der Waals surface area contributed by atoms with Crippen LogP contribution in [0.15, 0.2) is 21.3 Å². The summed E-state index contributed by atoms with van der Waals surface area (Å²) in [5.41, 5.74) is 1.10. The molecule has 1 unspecified atom stereocenters. The van der Waals surface area contributed by atoms with Gasteiger partial charge >= 0.3 is 5.97 Å². The van der Waals surface area contributed by atoms with Crippen LogP contribution in [0.3, 0.4) is 0 Å². The molecule has 2 aromatic rings. The van der Waals surface area contributed by atoms with Crippen LogP contribution in [0.4, 0.5) is 0 Å². The Morgan fingerprint density at radius 2 is 2.19 bits per heavy atom. The number of hydrogen-bond donors (Lipinski definition) is 1. The lowest BCUT2D eigenvalue weighted by molar-refractivity contribution is 0.0590. The van der Waals surface area contributed by atoms with Crippen molar-refractivity contribution in [2.45, 2.75) is 17.1 Å². The summed E-state index contributed by atoms with van der Waals surface area (Å²) in [6, 6.07) is 0. The zero-order valence-corrected chi connectivity index (χ0v) is 13.7. The fourth-order valence-electron chi connectivity index (χ4n) is 1.52. The zero-order valence-electron chi connectivity index (χ0n) is 11.3. The Labute approximate surface area is 130 Å². The molecule has 114 valence electrons. The van der Waals surface area contributed by atoms with Gasteiger partial charge in [0.25, 0.3) is 10.0 Å². The van der Waals surface area contributed by atoms with E-state index in [2.05, 4.69) is 19.4 Å². The smallest absolute Gasteiger partial charge is 0.358 e. The first kappa shape index (κ1) is 16.0. The number of nitrogens with one attached hydrogen (secondary N) is 1. The van der Waals surface area contributed by atoms with E-state index in [-0.39, 0.29) is 22.4 Å². The van der Waals surface area contributed by atoms with E-state index in [4.69, 9.17) is 0 Å². The molecular weight excluding hydrogens is 334 g/mol. The summed E-state index contributed by atoms with van der Waals surface area (Å²) in [5.74, 6) is -0.834. The van der Waals surface area contributed by atoms with Crippen molar-refractivity contribution < 1.29 is 17.9 Å². The van der Waals surface area contributed by atoms with Gasteiger partial charge in [0, 0.05) is 24.0 Å². The Morgan fingerprint density at radius 1 is 1.43 bits per heavy atom. The van der Waals surface area contributed by atoms with Crippen molar-refractivity contribution in [1.82, 2.24) is 14.7 Å². The van der Waals surface area contributed by atoms with Crippen molar-refractivity contribution in [1.29, 1.82) is 0 Å². The molecule has 0 aliphatic rings. The fourth-order valence-corrected chi connectivity index (χ4v) is 4.53. The highest BCUT2D eigenvalue weighted by molar-refractivity contribution is 7.91. The van der Waals surface area contributed by atoms with Gasteiger partial charge in [-0.05, 0) is 0 Å². The molecule has 0 aliphatic carbocycles. The zero-order chi connectivity index (χ0) is 15.5. The maximum atomic E-state index is 12.2. The molecule has 0 saturated carbocycles. The third-order valence-electron chi connectivity index (χ3n) is 2.61. The van der Waals surface area contributed by atoms with Crippen molar-refractivity contribution >= 4 is 38.7 Å². The summed E-state index contributed by atoms with van der Waals surface area (Å²) < 4.78 is 31.3. The predicted octanol–water partition coefficient (Wildman–Crippen LogP) is 1.47. The van der Waals surface area contributed by atoms with Gasteiger partial charge in [-0.3, -0.25) is 0 Å². The number of thiazole rings is 2. The molecule has 2 heterocycles. The molecule has 7 nitrogen and oxygen atoms in total. The molecule has 0 saturated heterocycles. The van der Waals surface area contributed by atoms with E-state index in [1.165, 1.54) is 24.0 Å². The summed E-state index contributed by atoms with van der Waals surface area (Å²) in [5, 5.41) is 2.67. The van der Waals surface area contributed by atoms with Gasteiger partial charge in [0.05, 0.1) is 17.6 Å². The minimum atomic E-state index is -3.81. The van der Waals surface area contributed by atoms with Crippen LogP contribution in [-0.4, -0.2) is 38.0 Å². The number of methoxy groups -OCH3 is 1. The first-order chi connectivity index (χ1) is 9.95. The Kier molecular flexibility index (Phi) is 5.04. The van der Waals surface area contributed by atoms with E-state index < -0.39 is 16.0 Å². The van der Waals surface area contributed by atoms with Crippen molar-refractivity contribution in [2.75, 3.05) is 13.7 Å². The van der Waals surface area contributed by atoms with E-state index in [1.807, 2.05) is 12.3 Å². The second-order valence-electron chi connectivity index (χ2n) is 4.10. The van der Waals surface area contributed by atoms with Crippen LogP contribution < -0.4 is 4.72 Å². The van der Waals surface area contributed by atoms with E-state index in [9.17, 15) is 13.2 Å². The van der Waals surface area contributed by atoms with Gasteiger partial charge in [-0.1, -0.05) is 6.92 Å². The van der Waals surface area contributed by atoms with Crippen molar-refractivity contribution in [2.24, 2.45) is 0 Å². The molecule has 1 atom stereocenters. The van der Waals surface area contributed by atoms with E-state index in [0.29, 0.717) is 0 Å². The quantitative estimate of drug-likeness (QED) is 0.795. The Morgan fingerprint density at radius 3 is 2.81 bits per heavy atom. The number of hydrogen-bond acceptors (Lipinski definition) is 8. The highest BCUT2D eigenvalue weighted by Crippen LogP contribution is 2.22. The molecule has 0 spiro atoms. The number of aromatic nitrogens is 2. The summed E-state index contributed by atoms with van der Waals surface area (Å²) in [6.45, 7) is 2.06. The van der Waals surface area contributed by atoms with Crippen LogP contribution in [0, 0.1) is 0 Å². The summed E-state index contributed by atoms with van der Waals surface area (Å²) in [7, 11) is -2.63. The molecule has 10 heteroatoms. The maximum absolute atomic E-state index is 12.2. The molecule has 21 heavy (non-hydrogen) atoms. The molecule has 1 N–H and O–H groups in total. The average molecular weight is 347 g/mol. The van der Waals surface area contributed by atoms with Crippen LogP contribution in [0.1, 0.15) is 28.3 Å². The third-order valence-corrected chi connectivity index (χ3v) is 6.41. The van der Waals surface area contributed by atoms with Gasteiger partial charge in [0.1, 0.15) is 0 Å². The lowest BCUT2D eigenvalue weighted by Crippen LogP contribution is -2.28. The monoisotopic (exact) mass is 347 g/mol. The number of nitrogens with zero attached hydrogens (tertiary/aromatic N) is 2. The largest absolute Gasteiger partial charge is 0.464 e. The molecule has 0 aromatic carbocycles. The van der Waals surface area contributed by atoms with E-state index >= 15 is 0 Å². The lowest BCUT2D eigenvalue weighted by atomic mass is 10.2. The molecule has 0 radical (unpaired) electrons. The topological polar surface area (TPSA) is 98.2 Å². The van der Waals surface area contributed by atoms with Crippen molar-refractivity contribution in [3.05, 3.63) is 27.8 Å². The second-order valence-corrected chi connectivity index (χ2v) is 7.85. The summed E-state index contributed by atoms with van der Waals surface area (Å²) in [6.07, 6.45) is 1.67. The minimum Gasteiger partial charge on any atom is -0.464 e. The fraction of sp³-hybridized carbons (Fsp3) is 0.364. The predicted molar refractivity (Wildman–Crippen MR) is 79.2 cm³/mol. The highest BCUT2D eigenvalue weighted by atomic mass is 32.2. The van der Waals surface area contributed by atoms with Gasteiger partial charge < -0.3 is 4.74 Å². The average Bonchev–Trinajstić information content (AvgIpc) is 3.14. The maximum Gasteiger partial charge on any atom is 0.358 e. The SMILES string of the molecule is COC(=O)c1ncsc1S(=O)(=O)NCC(C)c1nccs1.